The van der Waals surface area contributed by atoms with Crippen molar-refractivity contribution in [2.24, 2.45) is 0 Å². The molecule has 3 nitrogen and oxygen atoms in total. The lowest BCUT2D eigenvalue weighted by Crippen LogP contribution is -2.29. The molecule has 2 rings (SSSR count). The van der Waals surface area contributed by atoms with Crippen molar-refractivity contribution in [1.29, 1.82) is 0 Å². The fourth-order valence-corrected chi connectivity index (χ4v) is 2.20. The Labute approximate surface area is 98.6 Å². The van der Waals surface area contributed by atoms with Gasteiger partial charge in [0.05, 0.1) is 0 Å². The number of hydrogen-bond donors (Lipinski definition) is 2. The van der Waals surface area contributed by atoms with Crippen molar-refractivity contribution in [3.05, 3.63) is 53.2 Å². The molecule has 1 aliphatic heterocycles. The first-order valence-corrected chi connectivity index (χ1v) is 5.75. The smallest absolute Gasteiger partial charge is 0.314 e. The summed E-state index contributed by atoms with van der Waals surface area (Å²) in [7, 11) is 0. The summed E-state index contributed by atoms with van der Waals surface area (Å²) in [5.74, 6) is 0. The standard InChI is InChI=1S/C12H12N2OS/c1-9-11(7-8-13-12(15)14-9)16-10-5-3-2-4-6-10/h2-8H,1H3,(H2,13,14,15). The van der Waals surface area contributed by atoms with Crippen molar-refractivity contribution in [3.63, 3.8) is 0 Å². The molecule has 1 aromatic carbocycles. The lowest BCUT2D eigenvalue weighted by molar-refractivity contribution is 0.246. The monoisotopic (exact) mass is 232 g/mol. The highest BCUT2D eigenvalue weighted by molar-refractivity contribution is 8.03. The first-order chi connectivity index (χ1) is 7.75. The maximum atomic E-state index is 11.2. The van der Waals surface area contributed by atoms with E-state index in [1.807, 2.05) is 43.3 Å². The topological polar surface area (TPSA) is 41.1 Å². The zero-order valence-electron chi connectivity index (χ0n) is 8.86. The summed E-state index contributed by atoms with van der Waals surface area (Å²) >= 11 is 1.63. The molecule has 16 heavy (non-hydrogen) atoms. The van der Waals surface area contributed by atoms with Crippen LogP contribution in [0.4, 0.5) is 4.79 Å². The number of carbonyl (C=O) groups excluding carboxylic acids is 1. The zero-order valence-corrected chi connectivity index (χ0v) is 9.67. The van der Waals surface area contributed by atoms with Gasteiger partial charge in [0.15, 0.2) is 0 Å². The number of nitrogens with one attached hydrogen (secondary N) is 2. The number of hydrogen-bond acceptors (Lipinski definition) is 2. The van der Waals surface area contributed by atoms with Crippen LogP contribution in [0.5, 0.6) is 0 Å². The summed E-state index contributed by atoms with van der Waals surface area (Å²) in [6, 6.07) is 9.86. The van der Waals surface area contributed by atoms with Gasteiger partial charge >= 0.3 is 6.03 Å². The summed E-state index contributed by atoms with van der Waals surface area (Å²) in [5.41, 5.74) is 0.861. The number of carbonyl (C=O) groups is 1. The van der Waals surface area contributed by atoms with Gasteiger partial charge in [0.2, 0.25) is 0 Å². The second kappa shape index (κ2) is 4.90. The molecular weight excluding hydrogens is 220 g/mol. The molecule has 0 aromatic heterocycles. The lowest BCUT2D eigenvalue weighted by atomic mass is 10.4. The van der Waals surface area contributed by atoms with Gasteiger partial charge in [-0.15, -0.1) is 0 Å². The fraction of sp³-hybridized carbons (Fsp3) is 0.0833. The molecule has 0 saturated heterocycles. The summed E-state index contributed by atoms with van der Waals surface area (Å²) < 4.78 is 0. The van der Waals surface area contributed by atoms with Gasteiger partial charge < -0.3 is 10.6 Å². The average Bonchev–Trinajstić information content (AvgIpc) is 2.43. The fourth-order valence-electron chi connectivity index (χ4n) is 1.31. The quantitative estimate of drug-likeness (QED) is 0.823. The molecule has 4 heteroatoms. The molecule has 0 atom stereocenters. The van der Waals surface area contributed by atoms with E-state index in [1.54, 1.807) is 18.0 Å². The first-order valence-electron chi connectivity index (χ1n) is 4.93. The molecule has 2 amide bonds. The Morgan fingerprint density at radius 2 is 1.94 bits per heavy atom. The second-order valence-electron chi connectivity index (χ2n) is 3.34. The molecule has 0 radical (unpaired) electrons. The van der Waals surface area contributed by atoms with Crippen LogP contribution in [0, 0.1) is 0 Å². The SMILES string of the molecule is CC1=C(Sc2ccccc2)C=CNC(=O)N1. The highest BCUT2D eigenvalue weighted by atomic mass is 32.2. The molecule has 1 aromatic rings. The summed E-state index contributed by atoms with van der Waals surface area (Å²) in [6.07, 6.45) is 3.54. The second-order valence-corrected chi connectivity index (χ2v) is 4.45. The molecule has 0 aliphatic carbocycles. The number of allylic oxidation sites excluding steroid dienone is 2. The van der Waals surface area contributed by atoms with Gasteiger partial charge in [0.1, 0.15) is 0 Å². The Kier molecular flexibility index (Phi) is 3.31. The lowest BCUT2D eigenvalue weighted by Gasteiger charge is -2.06. The highest BCUT2D eigenvalue weighted by Gasteiger charge is 2.08. The molecule has 1 aliphatic rings. The minimum absolute atomic E-state index is 0.197. The predicted octanol–water partition coefficient (Wildman–Crippen LogP) is 2.84. The molecule has 1 heterocycles. The van der Waals surface area contributed by atoms with Crippen LogP contribution in [0.3, 0.4) is 0 Å². The molecule has 0 fully saturated rings. The van der Waals surface area contributed by atoms with Crippen LogP contribution in [-0.4, -0.2) is 6.03 Å². The van der Waals surface area contributed by atoms with E-state index in [0.29, 0.717) is 0 Å². The van der Waals surface area contributed by atoms with Crippen molar-refractivity contribution in [2.75, 3.05) is 0 Å². The third kappa shape index (κ3) is 2.67. The van der Waals surface area contributed by atoms with Crippen LogP contribution in [0.1, 0.15) is 6.92 Å². The normalized spacial score (nSPS) is 15.4. The van der Waals surface area contributed by atoms with Crippen molar-refractivity contribution in [2.45, 2.75) is 11.8 Å². The van der Waals surface area contributed by atoms with Gasteiger partial charge in [0.25, 0.3) is 0 Å². The maximum Gasteiger partial charge on any atom is 0.322 e. The van der Waals surface area contributed by atoms with E-state index in [-0.39, 0.29) is 6.03 Å². The summed E-state index contributed by atoms with van der Waals surface area (Å²) in [4.78, 5) is 13.4. The molecule has 0 saturated carbocycles. The zero-order chi connectivity index (χ0) is 11.4. The predicted molar refractivity (Wildman–Crippen MR) is 65.8 cm³/mol. The van der Waals surface area contributed by atoms with Gasteiger partial charge in [-0.3, -0.25) is 0 Å². The van der Waals surface area contributed by atoms with E-state index >= 15 is 0 Å². The molecular formula is C12H12N2OS. The van der Waals surface area contributed by atoms with Crippen LogP contribution < -0.4 is 10.6 Å². The summed E-state index contributed by atoms with van der Waals surface area (Å²) in [5, 5.41) is 5.36. The number of thioether (sulfide) groups is 1. The average molecular weight is 232 g/mol. The van der Waals surface area contributed by atoms with Gasteiger partial charge in [-0.05, 0) is 25.1 Å². The molecule has 0 bridgehead atoms. The third-order valence-electron chi connectivity index (χ3n) is 2.09. The van der Waals surface area contributed by atoms with E-state index in [9.17, 15) is 4.79 Å². The third-order valence-corrected chi connectivity index (χ3v) is 3.26. The van der Waals surface area contributed by atoms with Crippen LogP contribution in [0.25, 0.3) is 0 Å². The largest absolute Gasteiger partial charge is 0.322 e. The Hall–Kier alpha value is -1.68. The van der Waals surface area contributed by atoms with Crippen molar-refractivity contribution in [1.82, 2.24) is 10.6 Å². The Morgan fingerprint density at radius 3 is 2.69 bits per heavy atom. The summed E-state index contributed by atoms with van der Waals surface area (Å²) in [6.45, 7) is 1.89. The van der Waals surface area contributed by atoms with E-state index in [4.69, 9.17) is 0 Å². The first kappa shape index (κ1) is 10.8. The van der Waals surface area contributed by atoms with Crippen molar-refractivity contribution in [3.8, 4) is 0 Å². The molecule has 0 spiro atoms. The van der Waals surface area contributed by atoms with Gasteiger partial charge in [-0.25, -0.2) is 4.79 Å². The van der Waals surface area contributed by atoms with E-state index in [0.717, 1.165) is 15.5 Å². The van der Waals surface area contributed by atoms with Crippen molar-refractivity contribution >= 4 is 17.8 Å². The minimum atomic E-state index is -0.197. The number of amides is 2. The van der Waals surface area contributed by atoms with Gasteiger partial charge in [0, 0.05) is 21.7 Å². The van der Waals surface area contributed by atoms with Crippen LogP contribution in [0.2, 0.25) is 0 Å². The Morgan fingerprint density at radius 1 is 1.19 bits per heavy atom. The van der Waals surface area contributed by atoms with Gasteiger partial charge in [-0.2, -0.15) is 0 Å². The highest BCUT2D eigenvalue weighted by Crippen LogP contribution is 2.29. The number of benzene rings is 1. The molecule has 0 unspecified atom stereocenters. The van der Waals surface area contributed by atoms with Gasteiger partial charge in [-0.1, -0.05) is 30.0 Å². The van der Waals surface area contributed by atoms with Crippen molar-refractivity contribution < 1.29 is 4.79 Å². The van der Waals surface area contributed by atoms with Crippen LogP contribution in [0.15, 0.2) is 58.1 Å². The molecule has 82 valence electrons. The van der Waals surface area contributed by atoms with Crippen LogP contribution in [-0.2, 0) is 0 Å². The van der Waals surface area contributed by atoms with Crippen LogP contribution >= 0.6 is 11.8 Å². The number of urea groups is 1. The minimum Gasteiger partial charge on any atom is -0.314 e. The number of rotatable bonds is 2. The maximum absolute atomic E-state index is 11.2. The Balaban J connectivity index is 2.20. The Bertz CT molecular complexity index is 451. The van der Waals surface area contributed by atoms with E-state index in [2.05, 4.69) is 10.6 Å². The van der Waals surface area contributed by atoms with E-state index in [1.165, 1.54) is 0 Å². The van der Waals surface area contributed by atoms with E-state index < -0.39 is 0 Å². The molecule has 2 N–H and O–H groups in total.